The number of nitrogens with zero attached hydrogens (tertiary/aromatic N) is 1. The van der Waals surface area contributed by atoms with Gasteiger partial charge in [-0.15, -0.1) is 0 Å². The van der Waals surface area contributed by atoms with Crippen LogP contribution in [0.15, 0.2) is 17.1 Å². The Bertz CT molecular complexity index is 795. The van der Waals surface area contributed by atoms with Gasteiger partial charge < -0.3 is 5.11 Å². The van der Waals surface area contributed by atoms with Crippen molar-refractivity contribution >= 4 is 23.0 Å². The van der Waals surface area contributed by atoms with Gasteiger partial charge in [0.05, 0.1) is 0 Å². The Morgan fingerprint density at radius 2 is 1.41 bits per heavy atom. The van der Waals surface area contributed by atoms with Crippen molar-refractivity contribution in [2.45, 2.75) is 78.1 Å². The van der Waals surface area contributed by atoms with Crippen LogP contribution in [0.2, 0.25) is 0 Å². The van der Waals surface area contributed by atoms with Gasteiger partial charge in [0.15, 0.2) is 17.3 Å². The van der Waals surface area contributed by atoms with Gasteiger partial charge in [-0.05, 0) is 35.3 Å². The zero-order chi connectivity index (χ0) is 20.1. The molecule has 2 atom stereocenters. The maximum Gasteiger partial charge on any atom is 0.188 e. The van der Waals surface area contributed by atoms with E-state index in [9.17, 15) is 14.7 Å². The fraction of sp³-hybridized carbons (Fsp3) is 0.609. The van der Waals surface area contributed by atoms with Crippen molar-refractivity contribution < 1.29 is 14.7 Å². The van der Waals surface area contributed by atoms with E-state index in [0.717, 1.165) is 36.8 Å². The maximum absolute atomic E-state index is 12.8. The lowest BCUT2D eigenvalue weighted by atomic mass is 9.80. The first-order chi connectivity index (χ1) is 12.4. The SMILES string of the molecule is CC(C)(C)c1cc(N=C2C(=O)C3CCCCC3C2=O)c(O)c(C(C)(C)C)c1. The minimum absolute atomic E-state index is 0.0353. The van der Waals surface area contributed by atoms with Crippen molar-refractivity contribution in [1.29, 1.82) is 0 Å². The van der Waals surface area contributed by atoms with E-state index in [1.165, 1.54) is 0 Å². The lowest BCUT2D eigenvalue weighted by molar-refractivity contribution is -0.120. The Balaban J connectivity index is 2.15. The summed E-state index contributed by atoms with van der Waals surface area (Å²) in [6.45, 7) is 12.4. The number of aliphatic imine (C=N–C) groups is 1. The summed E-state index contributed by atoms with van der Waals surface area (Å²) in [4.78, 5) is 30.1. The molecule has 0 saturated heterocycles. The van der Waals surface area contributed by atoms with E-state index in [1.807, 2.05) is 32.9 Å². The summed E-state index contributed by atoms with van der Waals surface area (Å²) < 4.78 is 0. The fourth-order valence-electron chi connectivity index (χ4n) is 4.17. The Kier molecular flexibility index (Phi) is 4.82. The third kappa shape index (κ3) is 3.59. The molecule has 1 N–H and O–H groups in total. The standard InChI is InChI=1S/C23H31NO3/c1-22(2,3)13-11-16(23(4,5)6)21(27)17(12-13)24-18-19(25)14-9-7-8-10-15(14)20(18)26/h11-12,14-15,27H,7-10H2,1-6H3. The maximum atomic E-state index is 12.8. The molecule has 1 aromatic rings. The van der Waals surface area contributed by atoms with E-state index in [-0.39, 0.29) is 45.7 Å². The van der Waals surface area contributed by atoms with Crippen LogP contribution >= 0.6 is 0 Å². The number of fused-ring (bicyclic) bond motifs is 1. The quantitative estimate of drug-likeness (QED) is 0.756. The number of Topliss-reactive ketones (excluding diaryl/α,β-unsaturated/α-hetero) is 2. The van der Waals surface area contributed by atoms with Crippen LogP contribution in [0.4, 0.5) is 5.69 Å². The first-order valence-electron chi connectivity index (χ1n) is 9.96. The van der Waals surface area contributed by atoms with Crippen molar-refractivity contribution in [1.82, 2.24) is 0 Å². The lowest BCUT2D eigenvalue weighted by Crippen LogP contribution is -2.21. The molecular weight excluding hydrogens is 338 g/mol. The van der Waals surface area contributed by atoms with Gasteiger partial charge in [0, 0.05) is 17.4 Å². The number of rotatable bonds is 1. The van der Waals surface area contributed by atoms with Crippen molar-refractivity contribution in [3.8, 4) is 5.75 Å². The monoisotopic (exact) mass is 369 g/mol. The molecule has 146 valence electrons. The number of hydrogen-bond acceptors (Lipinski definition) is 4. The molecule has 4 nitrogen and oxygen atoms in total. The van der Waals surface area contributed by atoms with Crippen molar-refractivity contribution in [3.63, 3.8) is 0 Å². The fourth-order valence-corrected chi connectivity index (χ4v) is 4.17. The number of hydrogen-bond donors (Lipinski definition) is 1. The van der Waals surface area contributed by atoms with Crippen LogP contribution in [-0.2, 0) is 20.4 Å². The van der Waals surface area contributed by atoms with Crippen LogP contribution in [0.25, 0.3) is 0 Å². The Morgan fingerprint density at radius 3 is 1.85 bits per heavy atom. The Labute approximate surface area is 162 Å². The van der Waals surface area contributed by atoms with Gasteiger partial charge in [-0.2, -0.15) is 0 Å². The highest BCUT2D eigenvalue weighted by Crippen LogP contribution is 2.43. The molecule has 27 heavy (non-hydrogen) atoms. The lowest BCUT2D eigenvalue weighted by Gasteiger charge is -2.26. The van der Waals surface area contributed by atoms with Crippen LogP contribution in [-0.4, -0.2) is 22.4 Å². The van der Waals surface area contributed by atoms with E-state index in [2.05, 4.69) is 25.8 Å². The van der Waals surface area contributed by atoms with Crippen molar-refractivity contribution in [2.24, 2.45) is 16.8 Å². The molecule has 0 heterocycles. The third-order valence-electron chi connectivity index (χ3n) is 5.90. The molecule has 3 rings (SSSR count). The molecule has 2 saturated carbocycles. The molecule has 2 aliphatic rings. The average molecular weight is 370 g/mol. The number of aromatic hydroxyl groups is 1. The largest absolute Gasteiger partial charge is 0.505 e. The van der Waals surface area contributed by atoms with Crippen molar-refractivity contribution in [3.05, 3.63) is 23.3 Å². The van der Waals surface area contributed by atoms with Crippen LogP contribution in [0.3, 0.4) is 0 Å². The van der Waals surface area contributed by atoms with Crippen LogP contribution in [0, 0.1) is 11.8 Å². The van der Waals surface area contributed by atoms with Gasteiger partial charge in [0.25, 0.3) is 0 Å². The van der Waals surface area contributed by atoms with E-state index in [1.54, 1.807) is 0 Å². The Morgan fingerprint density at radius 1 is 0.889 bits per heavy atom. The normalized spacial score (nSPS) is 23.6. The minimum atomic E-state index is -0.280. The highest BCUT2D eigenvalue weighted by molar-refractivity contribution is 6.70. The van der Waals surface area contributed by atoms with Crippen LogP contribution in [0.5, 0.6) is 5.75 Å². The molecule has 0 aliphatic heterocycles. The number of phenols is 1. The summed E-state index contributed by atoms with van der Waals surface area (Å²) in [6.07, 6.45) is 3.53. The highest BCUT2D eigenvalue weighted by atomic mass is 16.3. The van der Waals surface area contributed by atoms with Gasteiger partial charge in [0.2, 0.25) is 0 Å². The number of carbonyl (C=O) groups excluding carboxylic acids is 2. The summed E-state index contributed by atoms with van der Waals surface area (Å²) in [5.74, 6) is -0.622. The summed E-state index contributed by atoms with van der Waals surface area (Å²) in [5, 5.41) is 10.9. The van der Waals surface area contributed by atoms with Gasteiger partial charge in [-0.1, -0.05) is 60.5 Å². The molecule has 0 aromatic heterocycles. The first kappa shape index (κ1) is 19.8. The smallest absolute Gasteiger partial charge is 0.188 e. The van der Waals surface area contributed by atoms with Gasteiger partial charge in [-0.3, -0.25) is 9.59 Å². The Hall–Kier alpha value is -1.97. The highest BCUT2D eigenvalue weighted by Gasteiger charge is 2.47. The molecule has 2 fully saturated rings. The molecule has 2 aliphatic carbocycles. The summed E-state index contributed by atoms with van der Waals surface area (Å²) in [5.41, 5.74) is 1.76. The molecule has 4 heteroatoms. The molecular formula is C23H31NO3. The zero-order valence-corrected chi connectivity index (χ0v) is 17.3. The third-order valence-corrected chi connectivity index (χ3v) is 5.90. The second-order valence-electron chi connectivity index (χ2n) is 10.1. The van der Waals surface area contributed by atoms with Gasteiger partial charge >= 0.3 is 0 Å². The van der Waals surface area contributed by atoms with Gasteiger partial charge in [-0.25, -0.2) is 4.99 Å². The van der Waals surface area contributed by atoms with Gasteiger partial charge in [0.1, 0.15) is 11.4 Å². The number of phenolic OH excluding ortho intramolecular Hbond substituents is 1. The number of benzene rings is 1. The van der Waals surface area contributed by atoms with E-state index >= 15 is 0 Å². The molecule has 0 radical (unpaired) electrons. The van der Waals surface area contributed by atoms with E-state index in [4.69, 9.17) is 0 Å². The summed E-state index contributed by atoms with van der Waals surface area (Å²) in [6, 6.07) is 3.83. The number of ketones is 2. The van der Waals surface area contributed by atoms with Crippen molar-refractivity contribution in [2.75, 3.05) is 0 Å². The molecule has 2 unspecified atom stereocenters. The average Bonchev–Trinajstić information content (AvgIpc) is 2.80. The minimum Gasteiger partial charge on any atom is -0.505 e. The van der Waals surface area contributed by atoms with Crippen LogP contribution in [0.1, 0.15) is 78.4 Å². The summed E-state index contributed by atoms with van der Waals surface area (Å²) >= 11 is 0. The van der Waals surface area contributed by atoms with Crippen LogP contribution < -0.4 is 0 Å². The predicted molar refractivity (Wildman–Crippen MR) is 108 cm³/mol. The first-order valence-corrected chi connectivity index (χ1v) is 9.96. The molecule has 0 spiro atoms. The van der Waals surface area contributed by atoms with E-state index < -0.39 is 0 Å². The number of carbonyl (C=O) groups is 2. The predicted octanol–water partition coefficient (Wildman–Crippen LogP) is 5.02. The molecule has 1 aromatic carbocycles. The zero-order valence-electron chi connectivity index (χ0n) is 17.3. The topological polar surface area (TPSA) is 66.7 Å². The molecule has 0 bridgehead atoms. The molecule has 0 amide bonds. The second-order valence-corrected chi connectivity index (χ2v) is 10.1. The van der Waals surface area contributed by atoms with E-state index in [0.29, 0.717) is 5.69 Å². The summed E-state index contributed by atoms with van der Waals surface area (Å²) in [7, 11) is 0. The second kappa shape index (κ2) is 6.57.